The Hall–Kier alpha value is -2.49. The van der Waals surface area contributed by atoms with E-state index in [1.807, 2.05) is 12.1 Å². The molecule has 5 nitrogen and oxygen atoms in total. The molecule has 2 fully saturated rings. The summed E-state index contributed by atoms with van der Waals surface area (Å²) in [4.78, 5) is 16.8. The number of halogens is 4. The lowest BCUT2D eigenvalue weighted by molar-refractivity contribution is -0.137. The van der Waals surface area contributed by atoms with Crippen LogP contribution in [0.4, 0.5) is 19.1 Å². The number of hydrogen-bond donors (Lipinski definition) is 0. The Morgan fingerprint density at radius 2 is 1.55 bits per heavy atom. The molecule has 3 aromatic rings. The fraction of sp³-hybridized carbons (Fsp3) is 0.448. The van der Waals surface area contributed by atoms with Gasteiger partial charge in [0.25, 0.3) is 0 Å². The normalized spacial score (nSPS) is 18.6. The lowest BCUT2D eigenvalue weighted by Gasteiger charge is -2.43. The molecular weight excluding hydrogens is 555 g/mol. The highest BCUT2D eigenvalue weighted by atomic mass is 79.9. The maximum Gasteiger partial charge on any atom is 0.416 e. The van der Waals surface area contributed by atoms with Gasteiger partial charge in [0.05, 0.1) is 11.3 Å². The molecule has 0 spiro atoms. The average molecular weight is 589 g/mol. The van der Waals surface area contributed by atoms with Crippen molar-refractivity contribution in [3.05, 3.63) is 76.4 Å². The molecule has 0 N–H and O–H groups in total. The van der Waals surface area contributed by atoms with Gasteiger partial charge in [-0.3, -0.25) is 0 Å². The Labute approximate surface area is 230 Å². The summed E-state index contributed by atoms with van der Waals surface area (Å²) in [6.45, 7) is 5.08. The van der Waals surface area contributed by atoms with Crippen molar-refractivity contribution < 1.29 is 13.2 Å². The van der Waals surface area contributed by atoms with Gasteiger partial charge in [-0.25, -0.2) is 9.97 Å². The van der Waals surface area contributed by atoms with Crippen LogP contribution in [-0.2, 0) is 12.7 Å². The third kappa shape index (κ3) is 6.55. The summed E-state index contributed by atoms with van der Waals surface area (Å²) in [7, 11) is 2.20. The first-order chi connectivity index (χ1) is 18.3. The van der Waals surface area contributed by atoms with Gasteiger partial charge in [-0.2, -0.15) is 13.2 Å². The number of rotatable bonds is 6. The third-order valence-corrected chi connectivity index (χ3v) is 8.35. The van der Waals surface area contributed by atoms with E-state index in [0.29, 0.717) is 29.8 Å². The first-order valence-corrected chi connectivity index (χ1v) is 14.0. The summed E-state index contributed by atoms with van der Waals surface area (Å²) in [6, 6.07) is 16.1. The van der Waals surface area contributed by atoms with Crippen LogP contribution in [0.2, 0.25) is 0 Å². The van der Waals surface area contributed by atoms with Crippen LogP contribution in [-0.4, -0.2) is 65.1 Å². The summed E-state index contributed by atoms with van der Waals surface area (Å²) in [5, 5.41) is 0. The second kappa shape index (κ2) is 11.7. The Balaban J connectivity index is 1.36. The van der Waals surface area contributed by atoms with Crippen LogP contribution in [0.1, 0.15) is 36.8 Å². The lowest BCUT2D eigenvalue weighted by Crippen LogP contribution is -2.51. The highest BCUT2D eigenvalue weighted by Crippen LogP contribution is 2.32. The minimum atomic E-state index is -4.36. The van der Waals surface area contributed by atoms with Crippen molar-refractivity contribution >= 4 is 21.9 Å². The van der Waals surface area contributed by atoms with Gasteiger partial charge in [-0.1, -0.05) is 40.2 Å². The van der Waals surface area contributed by atoms with Crippen molar-refractivity contribution in [1.29, 1.82) is 0 Å². The number of benzene rings is 2. The molecule has 2 aliphatic rings. The number of nitrogens with zero attached hydrogens (tertiary/aromatic N) is 5. The molecule has 2 aromatic carbocycles. The van der Waals surface area contributed by atoms with Crippen molar-refractivity contribution in [3.8, 4) is 11.3 Å². The van der Waals surface area contributed by atoms with Crippen LogP contribution < -0.4 is 4.90 Å². The van der Waals surface area contributed by atoms with E-state index >= 15 is 0 Å². The fourth-order valence-electron chi connectivity index (χ4n) is 5.55. The van der Waals surface area contributed by atoms with Crippen molar-refractivity contribution in [2.75, 3.05) is 38.1 Å². The van der Waals surface area contributed by atoms with Crippen molar-refractivity contribution in [2.24, 2.45) is 0 Å². The molecule has 0 saturated carbocycles. The Morgan fingerprint density at radius 1 is 0.895 bits per heavy atom. The molecule has 0 radical (unpaired) electrons. The minimum absolute atomic E-state index is 0.281. The van der Waals surface area contributed by atoms with E-state index in [9.17, 15) is 13.2 Å². The number of piperidine rings is 2. The molecule has 0 aliphatic carbocycles. The molecule has 9 heteroatoms. The van der Waals surface area contributed by atoms with Gasteiger partial charge in [-0.05, 0) is 81.7 Å². The van der Waals surface area contributed by atoms with E-state index in [1.165, 1.54) is 25.0 Å². The van der Waals surface area contributed by atoms with E-state index in [1.54, 1.807) is 12.3 Å². The van der Waals surface area contributed by atoms with Gasteiger partial charge in [0, 0.05) is 48.0 Å². The second-order valence-corrected chi connectivity index (χ2v) is 11.3. The van der Waals surface area contributed by atoms with Crippen LogP contribution >= 0.6 is 15.9 Å². The molecule has 0 amide bonds. The zero-order valence-electron chi connectivity index (χ0n) is 21.5. The zero-order valence-corrected chi connectivity index (χ0v) is 23.1. The van der Waals surface area contributed by atoms with Crippen LogP contribution in [0.25, 0.3) is 11.3 Å². The quantitative estimate of drug-likeness (QED) is 0.329. The molecule has 38 heavy (non-hydrogen) atoms. The van der Waals surface area contributed by atoms with Gasteiger partial charge in [0.1, 0.15) is 0 Å². The number of aromatic nitrogens is 2. The predicted molar refractivity (Wildman–Crippen MR) is 148 cm³/mol. The van der Waals surface area contributed by atoms with Crippen LogP contribution in [0, 0.1) is 0 Å². The van der Waals surface area contributed by atoms with Gasteiger partial charge in [0.2, 0.25) is 5.95 Å². The summed E-state index contributed by atoms with van der Waals surface area (Å²) < 4.78 is 40.2. The molecule has 0 atom stereocenters. The third-order valence-electron chi connectivity index (χ3n) is 7.82. The molecule has 202 valence electrons. The van der Waals surface area contributed by atoms with E-state index in [-0.39, 0.29) is 6.04 Å². The van der Waals surface area contributed by atoms with Crippen molar-refractivity contribution in [1.82, 2.24) is 19.8 Å². The molecule has 3 heterocycles. The minimum Gasteiger partial charge on any atom is -0.333 e. The maximum absolute atomic E-state index is 13.1. The van der Waals surface area contributed by atoms with Gasteiger partial charge in [0.15, 0.2) is 0 Å². The highest BCUT2D eigenvalue weighted by Gasteiger charge is 2.32. The summed E-state index contributed by atoms with van der Waals surface area (Å²) in [6.07, 6.45) is 1.84. The average Bonchev–Trinajstić information content (AvgIpc) is 2.93. The smallest absolute Gasteiger partial charge is 0.333 e. The maximum atomic E-state index is 13.1. The molecule has 2 saturated heterocycles. The Kier molecular flexibility index (Phi) is 8.35. The van der Waals surface area contributed by atoms with Crippen molar-refractivity contribution in [2.45, 2.75) is 50.5 Å². The number of anilines is 1. The van der Waals surface area contributed by atoms with Crippen LogP contribution in [0.5, 0.6) is 0 Å². The largest absolute Gasteiger partial charge is 0.416 e. The Bertz CT molecular complexity index is 1190. The number of likely N-dealkylation sites (tertiary alicyclic amines) is 2. The van der Waals surface area contributed by atoms with Gasteiger partial charge >= 0.3 is 6.18 Å². The first kappa shape index (κ1) is 27.1. The number of alkyl halides is 3. The van der Waals surface area contributed by atoms with E-state index in [2.05, 4.69) is 54.8 Å². The highest BCUT2D eigenvalue weighted by molar-refractivity contribution is 9.10. The summed E-state index contributed by atoms with van der Waals surface area (Å²) in [5.74, 6) is 0.614. The van der Waals surface area contributed by atoms with Crippen molar-refractivity contribution in [3.63, 3.8) is 0 Å². The van der Waals surface area contributed by atoms with Crippen LogP contribution in [0.15, 0.2) is 65.3 Å². The van der Waals surface area contributed by atoms with Gasteiger partial charge in [-0.15, -0.1) is 0 Å². The van der Waals surface area contributed by atoms with E-state index in [0.717, 1.165) is 61.2 Å². The number of hydrogen-bond acceptors (Lipinski definition) is 5. The predicted octanol–water partition coefficient (Wildman–Crippen LogP) is 6.49. The monoisotopic (exact) mass is 587 g/mol. The fourth-order valence-corrected chi connectivity index (χ4v) is 5.81. The first-order valence-electron chi connectivity index (χ1n) is 13.2. The van der Waals surface area contributed by atoms with E-state index in [4.69, 9.17) is 4.98 Å². The molecular formula is C29H33BrF3N5. The second-order valence-electron chi connectivity index (χ2n) is 10.4. The van der Waals surface area contributed by atoms with Crippen LogP contribution in [0.3, 0.4) is 0 Å². The van der Waals surface area contributed by atoms with Gasteiger partial charge < -0.3 is 14.7 Å². The molecule has 2 aliphatic heterocycles. The standard InChI is InChI=1S/C29H33BrF3N5/c1-36-16-11-25(12-17-36)37-18-13-26(14-19-37)38(20-21-2-8-24(30)9-3-21)28-34-15-10-27(35-28)22-4-6-23(7-5-22)29(31,32)33/h2-10,15,25-26H,11-14,16-20H2,1H3. The molecule has 0 unspecified atom stereocenters. The SMILES string of the molecule is CN1CCC(N2CCC(N(Cc3ccc(Br)cc3)c3nccc(-c4ccc(C(F)(F)F)cc4)n3)CC2)CC1. The molecule has 5 rings (SSSR count). The Morgan fingerprint density at radius 3 is 2.18 bits per heavy atom. The lowest BCUT2D eigenvalue weighted by atomic mass is 9.97. The topological polar surface area (TPSA) is 35.5 Å². The van der Waals surface area contributed by atoms with E-state index < -0.39 is 11.7 Å². The molecule has 0 bridgehead atoms. The summed E-state index contributed by atoms with van der Waals surface area (Å²) in [5.41, 5.74) is 1.76. The molecule has 1 aromatic heterocycles. The summed E-state index contributed by atoms with van der Waals surface area (Å²) >= 11 is 3.52. The zero-order chi connectivity index (χ0) is 26.7.